The lowest BCUT2D eigenvalue weighted by molar-refractivity contribution is -0.192. The van der Waals surface area contributed by atoms with E-state index in [4.69, 9.17) is 14.6 Å². The van der Waals surface area contributed by atoms with Crippen LogP contribution in [-0.4, -0.2) is 94.4 Å². The number of likely N-dealkylation sites (tertiary alicyclic amines) is 2. The van der Waals surface area contributed by atoms with Gasteiger partial charge in [-0.3, -0.25) is 9.69 Å². The molecule has 1 spiro atoms. The van der Waals surface area contributed by atoms with Crippen molar-refractivity contribution >= 4 is 18.0 Å². The molecule has 1 aromatic carbocycles. The van der Waals surface area contributed by atoms with E-state index < -0.39 is 12.1 Å². The van der Waals surface area contributed by atoms with Gasteiger partial charge in [0.05, 0.1) is 6.04 Å². The maximum atomic E-state index is 13.3. The first-order valence-corrected chi connectivity index (χ1v) is 16.3. The molecule has 0 radical (unpaired) electrons. The van der Waals surface area contributed by atoms with Gasteiger partial charge in [-0.25, -0.2) is 9.59 Å². The topological polar surface area (TPSA) is 90.4 Å². The third-order valence-corrected chi connectivity index (χ3v) is 10.1. The molecule has 1 N–H and O–H groups in total. The molecule has 8 nitrogen and oxygen atoms in total. The van der Waals surface area contributed by atoms with Gasteiger partial charge in [0.25, 0.3) is 5.91 Å². The zero-order valence-electron chi connectivity index (χ0n) is 26.3. The highest BCUT2D eigenvalue weighted by atomic mass is 19.4. The number of carbonyl (C=O) groups excluding carboxylic acids is 2. The van der Waals surface area contributed by atoms with E-state index in [-0.39, 0.29) is 23.6 Å². The normalized spacial score (nSPS) is 23.0. The van der Waals surface area contributed by atoms with Crippen LogP contribution in [0.15, 0.2) is 18.2 Å². The zero-order valence-corrected chi connectivity index (χ0v) is 26.3. The Bertz CT molecular complexity index is 1130. The summed E-state index contributed by atoms with van der Waals surface area (Å²) in [6.45, 7) is 10.8. The number of rotatable bonds is 7. The molecule has 2 amide bonds. The monoisotopic (exact) mass is 623 g/mol. The number of carbonyl (C=O) groups is 3. The Hall–Kier alpha value is -2.82. The molecule has 3 heterocycles. The van der Waals surface area contributed by atoms with E-state index in [0.29, 0.717) is 12.0 Å². The summed E-state index contributed by atoms with van der Waals surface area (Å²) in [5.41, 5.74) is 2.71. The Kier molecular flexibility index (Phi) is 11.2. The van der Waals surface area contributed by atoms with Gasteiger partial charge in [-0.05, 0) is 63.0 Å². The Balaban J connectivity index is 0.000000566. The number of benzene rings is 1. The maximum absolute atomic E-state index is 13.3. The molecule has 0 bridgehead atoms. The minimum atomic E-state index is -5.08. The van der Waals surface area contributed by atoms with Crippen molar-refractivity contribution in [2.75, 3.05) is 32.7 Å². The van der Waals surface area contributed by atoms with E-state index in [9.17, 15) is 22.8 Å². The van der Waals surface area contributed by atoms with Crippen molar-refractivity contribution in [2.24, 2.45) is 5.92 Å². The van der Waals surface area contributed by atoms with E-state index in [2.05, 4.69) is 21.6 Å². The lowest BCUT2D eigenvalue weighted by Gasteiger charge is -2.46. The van der Waals surface area contributed by atoms with Crippen LogP contribution in [0, 0.1) is 19.8 Å². The first-order chi connectivity index (χ1) is 20.9. The number of carboxylic acids is 1. The summed E-state index contributed by atoms with van der Waals surface area (Å²) in [6, 6.07) is 6.85. The minimum Gasteiger partial charge on any atom is -0.475 e. The van der Waals surface area contributed by atoms with Crippen molar-refractivity contribution in [2.45, 2.75) is 115 Å². The van der Waals surface area contributed by atoms with Crippen LogP contribution in [0.25, 0.3) is 0 Å². The maximum Gasteiger partial charge on any atom is 0.490 e. The number of aryl methyl sites for hydroxylation is 2. The van der Waals surface area contributed by atoms with E-state index in [1.807, 2.05) is 32.0 Å². The Morgan fingerprint density at radius 2 is 1.57 bits per heavy atom. The van der Waals surface area contributed by atoms with Crippen molar-refractivity contribution in [1.82, 2.24) is 14.7 Å². The average molecular weight is 624 g/mol. The van der Waals surface area contributed by atoms with Gasteiger partial charge < -0.3 is 19.6 Å². The highest BCUT2D eigenvalue weighted by Crippen LogP contribution is 2.43. The quantitative estimate of drug-likeness (QED) is 0.369. The fourth-order valence-corrected chi connectivity index (χ4v) is 7.65. The molecular weight excluding hydrogens is 575 g/mol. The predicted octanol–water partition coefficient (Wildman–Crippen LogP) is 6.58. The highest BCUT2D eigenvalue weighted by Gasteiger charge is 2.55. The first-order valence-electron chi connectivity index (χ1n) is 16.3. The van der Waals surface area contributed by atoms with E-state index >= 15 is 0 Å². The van der Waals surface area contributed by atoms with Crippen LogP contribution in [0.3, 0.4) is 0 Å². The van der Waals surface area contributed by atoms with Crippen LogP contribution < -0.4 is 0 Å². The molecule has 1 unspecified atom stereocenters. The number of aliphatic carboxylic acids is 1. The lowest BCUT2D eigenvalue weighted by atomic mass is 9.80. The number of hydrogen-bond donors (Lipinski definition) is 1. The summed E-state index contributed by atoms with van der Waals surface area (Å²) in [4.78, 5) is 42.1. The van der Waals surface area contributed by atoms with Crippen LogP contribution in [0.4, 0.5) is 18.0 Å². The molecule has 3 saturated heterocycles. The Morgan fingerprint density at radius 1 is 1.00 bits per heavy atom. The second kappa shape index (κ2) is 14.5. The van der Waals surface area contributed by atoms with Gasteiger partial charge in [0, 0.05) is 57.2 Å². The van der Waals surface area contributed by atoms with Gasteiger partial charge in [0.1, 0.15) is 5.60 Å². The third-order valence-electron chi connectivity index (χ3n) is 10.1. The first kappa shape index (κ1) is 34.1. The van der Waals surface area contributed by atoms with Crippen molar-refractivity contribution in [3.8, 4) is 0 Å². The fraction of sp³-hybridized carbons (Fsp3) is 0.727. The molecule has 1 saturated carbocycles. The molecule has 11 heteroatoms. The molecule has 1 atom stereocenters. The van der Waals surface area contributed by atoms with Crippen molar-refractivity contribution in [3.05, 3.63) is 34.9 Å². The number of alkyl halides is 3. The second-order valence-electron chi connectivity index (χ2n) is 13.0. The van der Waals surface area contributed by atoms with Crippen LogP contribution in [0.5, 0.6) is 0 Å². The average Bonchev–Trinajstić information content (AvgIpc) is 3.58. The smallest absolute Gasteiger partial charge is 0.475 e. The molecular formula is C33H48F3N3O5. The summed E-state index contributed by atoms with van der Waals surface area (Å²) < 4.78 is 38.0. The summed E-state index contributed by atoms with van der Waals surface area (Å²) in [6.07, 6.45) is 7.30. The van der Waals surface area contributed by atoms with Crippen molar-refractivity contribution in [3.63, 3.8) is 0 Å². The van der Waals surface area contributed by atoms with Crippen LogP contribution in [-0.2, 0) is 9.53 Å². The molecule has 3 aliphatic heterocycles. The van der Waals surface area contributed by atoms with Gasteiger partial charge in [0.2, 0.25) is 0 Å². The number of ether oxygens (including phenoxy) is 1. The molecule has 44 heavy (non-hydrogen) atoms. The van der Waals surface area contributed by atoms with Crippen molar-refractivity contribution in [1.29, 1.82) is 0 Å². The number of amides is 2. The number of carboxylic acid groups (broad SMARTS) is 1. The summed E-state index contributed by atoms with van der Waals surface area (Å²) in [5, 5.41) is 7.12. The molecule has 1 aromatic rings. The molecule has 246 valence electrons. The van der Waals surface area contributed by atoms with E-state index in [0.717, 1.165) is 94.4 Å². The SMILES string of the molecule is CCCCC1N(CC2CCCC2)C(=O)OC12CCN(C1CCN(C(=O)c3c(C)cccc3C)CC1)CC2.O=C(O)C(F)(F)F. The van der Waals surface area contributed by atoms with E-state index in [1.54, 1.807) is 0 Å². The molecule has 1 aliphatic carbocycles. The van der Waals surface area contributed by atoms with Gasteiger partial charge in [-0.15, -0.1) is 0 Å². The fourth-order valence-electron chi connectivity index (χ4n) is 7.65. The van der Waals surface area contributed by atoms with E-state index in [1.165, 1.54) is 25.7 Å². The number of nitrogens with zero attached hydrogens (tertiary/aromatic N) is 3. The summed E-state index contributed by atoms with van der Waals surface area (Å²) in [7, 11) is 0. The number of piperidine rings is 2. The Labute approximate surface area is 258 Å². The minimum absolute atomic E-state index is 0.0558. The summed E-state index contributed by atoms with van der Waals surface area (Å²) >= 11 is 0. The van der Waals surface area contributed by atoms with Crippen molar-refractivity contribution < 1.29 is 37.4 Å². The zero-order chi connectivity index (χ0) is 32.1. The number of halogens is 3. The summed E-state index contributed by atoms with van der Waals surface area (Å²) in [5.74, 6) is -1.92. The largest absolute Gasteiger partial charge is 0.490 e. The number of hydrogen-bond acceptors (Lipinski definition) is 5. The lowest BCUT2D eigenvalue weighted by Crippen LogP contribution is -2.56. The predicted molar refractivity (Wildman–Crippen MR) is 161 cm³/mol. The molecule has 4 fully saturated rings. The highest BCUT2D eigenvalue weighted by molar-refractivity contribution is 5.97. The van der Waals surface area contributed by atoms with Gasteiger partial charge in [-0.2, -0.15) is 13.2 Å². The van der Waals surface area contributed by atoms with Gasteiger partial charge in [0.15, 0.2) is 0 Å². The third kappa shape index (κ3) is 7.87. The van der Waals surface area contributed by atoms with Gasteiger partial charge >= 0.3 is 18.2 Å². The molecule has 4 aliphatic rings. The number of unbranched alkanes of at least 4 members (excludes halogenated alkanes) is 1. The van der Waals surface area contributed by atoms with Crippen LogP contribution in [0.1, 0.15) is 99.0 Å². The molecule has 5 rings (SSSR count). The molecule has 0 aromatic heterocycles. The second-order valence-corrected chi connectivity index (χ2v) is 13.0. The Morgan fingerprint density at radius 3 is 2.09 bits per heavy atom. The van der Waals surface area contributed by atoms with Gasteiger partial charge in [-0.1, -0.05) is 50.8 Å². The van der Waals surface area contributed by atoms with Crippen LogP contribution >= 0.6 is 0 Å². The standard InChI is InChI=1S/C31H47N3O3.C2HF3O2/c1-4-5-13-27-31(37-30(36)34(27)22-25-11-6-7-12-25)16-20-32(21-17-31)26-14-18-33(19-15-26)29(35)28-23(2)9-8-10-24(28)3;3-2(4,5)1(6)7/h8-10,25-27H,4-7,11-22H2,1-3H3;(H,6,7). The van der Waals surface area contributed by atoms with Crippen LogP contribution in [0.2, 0.25) is 0 Å².